The van der Waals surface area contributed by atoms with Crippen molar-refractivity contribution in [2.45, 2.75) is 26.4 Å². The van der Waals surface area contributed by atoms with Gasteiger partial charge in [-0.1, -0.05) is 0 Å². The van der Waals surface area contributed by atoms with Crippen molar-refractivity contribution in [3.8, 4) is 0 Å². The molecule has 0 amide bonds. The highest BCUT2D eigenvalue weighted by atomic mass is 32.1. The largest absolute Gasteiger partial charge is 0.347 e. The summed E-state index contributed by atoms with van der Waals surface area (Å²) >= 11 is 1.84. The molecule has 1 unspecified atom stereocenters. The zero-order chi connectivity index (χ0) is 10.7. The van der Waals surface area contributed by atoms with Crippen LogP contribution in [0, 0.1) is 6.92 Å². The first kappa shape index (κ1) is 10.4. The number of nitrogens with one attached hydrogen (secondary N) is 2. The number of aromatic amines is 1. The van der Waals surface area contributed by atoms with Crippen molar-refractivity contribution in [3.63, 3.8) is 0 Å². The number of aromatic nitrogens is 2. The Kier molecular flexibility index (Phi) is 3.18. The Balaban J connectivity index is 1.90. The number of nitrogens with zero attached hydrogens (tertiary/aromatic N) is 1. The summed E-state index contributed by atoms with van der Waals surface area (Å²) in [6.45, 7) is 5.15. The number of rotatable bonds is 4. The summed E-state index contributed by atoms with van der Waals surface area (Å²) in [7, 11) is 0. The second-order valence-electron chi connectivity index (χ2n) is 3.63. The van der Waals surface area contributed by atoms with E-state index in [1.807, 2.05) is 17.5 Å². The van der Waals surface area contributed by atoms with E-state index in [4.69, 9.17) is 0 Å². The van der Waals surface area contributed by atoms with E-state index in [2.05, 4.69) is 41.3 Å². The number of imidazole rings is 1. The van der Waals surface area contributed by atoms with E-state index in [9.17, 15) is 0 Å². The van der Waals surface area contributed by atoms with Crippen LogP contribution < -0.4 is 5.32 Å². The molecule has 15 heavy (non-hydrogen) atoms. The molecule has 0 aliphatic rings. The van der Waals surface area contributed by atoms with Crippen molar-refractivity contribution in [1.29, 1.82) is 0 Å². The topological polar surface area (TPSA) is 40.7 Å². The monoisotopic (exact) mass is 221 g/mol. The molecule has 0 aromatic carbocycles. The Hall–Kier alpha value is -1.13. The number of hydrogen-bond acceptors (Lipinski definition) is 3. The molecule has 1 atom stereocenters. The van der Waals surface area contributed by atoms with Crippen molar-refractivity contribution in [3.05, 3.63) is 40.1 Å². The predicted octanol–water partition coefficient (Wildman–Crippen LogP) is 2.63. The molecule has 0 aliphatic carbocycles. The zero-order valence-corrected chi connectivity index (χ0v) is 9.77. The Morgan fingerprint density at radius 3 is 3.00 bits per heavy atom. The van der Waals surface area contributed by atoms with Crippen molar-refractivity contribution in [2.75, 3.05) is 0 Å². The molecule has 0 aliphatic heterocycles. The predicted molar refractivity (Wildman–Crippen MR) is 62.9 cm³/mol. The molecular formula is C11H15N3S. The molecule has 0 radical (unpaired) electrons. The molecule has 2 aromatic rings. The first-order chi connectivity index (χ1) is 7.25. The second-order valence-corrected chi connectivity index (χ2v) is 4.95. The summed E-state index contributed by atoms with van der Waals surface area (Å²) in [5.74, 6) is 0. The molecule has 2 aromatic heterocycles. The molecule has 2 heterocycles. The van der Waals surface area contributed by atoms with Gasteiger partial charge in [0.1, 0.15) is 0 Å². The van der Waals surface area contributed by atoms with Crippen molar-refractivity contribution in [2.24, 2.45) is 0 Å². The molecule has 0 bridgehead atoms. The van der Waals surface area contributed by atoms with Gasteiger partial charge in [-0.3, -0.25) is 0 Å². The van der Waals surface area contributed by atoms with Crippen LogP contribution in [0.5, 0.6) is 0 Å². The molecule has 4 heteroatoms. The smallest absolute Gasteiger partial charge is 0.0922 e. The summed E-state index contributed by atoms with van der Waals surface area (Å²) < 4.78 is 0. The third kappa shape index (κ3) is 2.67. The van der Waals surface area contributed by atoms with Crippen LogP contribution in [0.15, 0.2) is 24.7 Å². The Morgan fingerprint density at radius 1 is 1.53 bits per heavy atom. The lowest BCUT2D eigenvalue weighted by Gasteiger charge is -2.10. The van der Waals surface area contributed by atoms with Crippen LogP contribution in [0.4, 0.5) is 0 Å². The van der Waals surface area contributed by atoms with Gasteiger partial charge in [-0.2, -0.15) is 0 Å². The van der Waals surface area contributed by atoms with Crippen LogP contribution >= 0.6 is 11.3 Å². The minimum atomic E-state index is 0.395. The van der Waals surface area contributed by atoms with E-state index in [1.54, 1.807) is 6.33 Å². The molecule has 2 rings (SSSR count). The van der Waals surface area contributed by atoms with Gasteiger partial charge in [0.25, 0.3) is 0 Å². The zero-order valence-electron chi connectivity index (χ0n) is 8.95. The maximum Gasteiger partial charge on any atom is 0.0922 e. The fraction of sp³-hybridized carbons (Fsp3) is 0.364. The second kappa shape index (κ2) is 4.59. The average Bonchev–Trinajstić information content (AvgIpc) is 2.84. The van der Waals surface area contributed by atoms with Crippen molar-refractivity contribution < 1.29 is 0 Å². The number of H-pyrrole nitrogens is 1. The van der Waals surface area contributed by atoms with Crippen molar-refractivity contribution in [1.82, 2.24) is 15.3 Å². The van der Waals surface area contributed by atoms with E-state index in [1.165, 1.54) is 9.75 Å². The van der Waals surface area contributed by atoms with E-state index < -0.39 is 0 Å². The lowest BCUT2D eigenvalue weighted by molar-refractivity contribution is 0.577. The standard InChI is InChI=1S/C11H15N3S/c1-8-3-4-11(15-8)9(2)13-6-10-5-12-7-14-10/h3-5,7,9,13H,6H2,1-2H3,(H,12,14). The average molecular weight is 221 g/mol. The van der Waals surface area contributed by atoms with Gasteiger partial charge in [0, 0.05) is 34.2 Å². The summed E-state index contributed by atoms with van der Waals surface area (Å²) in [5.41, 5.74) is 1.12. The van der Waals surface area contributed by atoms with E-state index in [0.29, 0.717) is 6.04 Å². The third-order valence-electron chi connectivity index (χ3n) is 2.34. The van der Waals surface area contributed by atoms with Gasteiger partial charge in [0.15, 0.2) is 0 Å². The van der Waals surface area contributed by atoms with Crippen LogP contribution in [0.1, 0.15) is 28.4 Å². The first-order valence-electron chi connectivity index (χ1n) is 5.02. The Labute approximate surface area is 93.6 Å². The molecule has 0 spiro atoms. The van der Waals surface area contributed by atoms with Gasteiger partial charge in [-0.05, 0) is 26.0 Å². The summed E-state index contributed by atoms with van der Waals surface area (Å²) in [4.78, 5) is 9.81. The van der Waals surface area contributed by atoms with Gasteiger partial charge in [-0.25, -0.2) is 4.98 Å². The van der Waals surface area contributed by atoms with Crippen LogP contribution in [-0.4, -0.2) is 9.97 Å². The van der Waals surface area contributed by atoms with Gasteiger partial charge in [-0.15, -0.1) is 11.3 Å². The van der Waals surface area contributed by atoms with Crippen LogP contribution in [0.2, 0.25) is 0 Å². The maximum atomic E-state index is 3.98. The Bertz CT molecular complexity index is 405. The molecule has 80 valence electrons. The minimum Gasteiger partial charge on any atom is -0.347 e. The van der Waals surface area contributed by atoms with Gasteiger partial charge < -0.3 is 10.3 Å². The normalized spacial score (nSPS) is 12.9. The highest BCUT2D eigenvalue weighted by Crippen LogP contribution is 2.22. The van der Waals surface area contributed by atoms with Crippen molar-refractivity contribution >= 4 is 11.3 Å². The first-order valence-corrected chi connectivity index (χ1v) is 5.84. The fourth-order valence-corrected chi connectivity index (χ4v) is 2.34. The van der Waals surface area contributed by atoms with E-state index in [-0.39, 0.29) is 0 Å². The quantitative estimate of drug-likeness (QED) is 0.833. The summed E-state index contributed by atoms with van der Waals surface area (Å²) in [6, 6.07) is 4.74. The lowest BCUT2D eigenvalue weighted by Crippen LogP contribution is -2.17. The SMILES string of the molecule is Cc1ccc(C(C)NCc2cnc[nH]2)s1. The maximum absolute atomic E-state index is 3.98. The molecular weight excluding hydrogens is 206 g/mol. The molecule has 0 saturated carbocycles. The van der Waals surface area contributed by atoms with Crippen LogP contribution in [0.25, 0.3) is 0 Å². The fourth-order valence-electron chi connectivity index (χ4n) is 1.43. The van der Waals surface area contributed by atoms with Gasteiger partial charge >= 0.3 is 0 Å². The summed E-state index contributed by atoms with van der Waals surface area (Å²) in [5, 5.41) is 3.45. The van der Waals surface area contributed by atoms with Crippen LogP contribution in [-0.2, 0) is 6.54 Å². The van der Waals surface area contributed by atoms with Gasteiger partial charge in [0.05, 0.1) is 6.33 Å². The highest BCUT2D eigenvalue weighted by molar-refractivity contribution is 7.12. The molecule has 0 fully saturated rings. The number of aryl methyl sites for hydroxylation is 1. The van der Waals surface area contributed by atoms with Gasteiger partial charge in [0.2, 0.25) is 0 Å². The number of hydrogen-bond donors (Lipinski definition) is 2. The summed E-state index contributed by atoms with van der Waals surface area (Å²) in [6.07, 6.45) is 3.55. The molecule has 3 nitrogen and oxygen atoms in total. The highest BCUT2D eigenvalue weighted by Gasteiger charge is 2.06. The van der Waals surface area contributed by atoms with Crippen LogP contribution in [0.3, 0.4) is 0 Å². The lowest BCUT2D eigenvalue weighted by atomic mass is 10.2. The number of thiophene rings is 1. The molecule has 0 saturated heterocycles. The minimum absolute atomic E-state index is 0.395. The van der Waals surface area contributed by atoms with E-state index >= 15 is 0 Å². The third-order valence-corrected chi connectivity index (χ3v) is 3.52. The molecule has 2 N–H and O–H groups in total. The Morgan fingerprint density at radius 2 is 2.40 bits per heavy atom. The van der Waals surface area contributed by atoms with E-state index in [0.717, 1.165) is 12.2 Å².